The molecule has 0 aliphatic rings. The van der Waals surface area contributed by atoms with E-state index in [4.69, 9.17) is 0 Å². The van der Waals surface area contributed by atoms with E-state index in [2.05, 4.69) is 0 Å². The largest absolute Gasteiger partial charge is 0.401 e. The van der Waals surface area contributed by atoms with Gasteiger partial charge < -0.3 is 0 Å². The molecule has 0 unspecified atom stereocenters. The molecule has 0 aromatic carbocycles. The average Bonchev–Trinajstić information content (AvgIpc) is 1.84. The van der Waals surface area contributed by atoms with Crippen LogP contribution in [0.2, 0.25) is 0 Å². The van der Waals surface area contributed by atoms with Gasteiger partial charge in [-0.25, -0.2) is 0 Å². The summed E-state index contributed by atoms with van der Waals surface area (Å²) in [6, 6.07) is 0. The third kappa shape index (κ3) is 4.50. The molecule has 0 heterocycles. The Morgan fingerprint density at radius 2 is 1.75 bits per heavy atom. The van der Waals surface area contributed by atoms with Crippen LogP contribution in [-0.2, 0) is 0 Å². The second-order valence-corrected chi connectivity index (χ2v) is 5.51. The molecule has 0 fully saturated rings. The lowest BCUT2D eigenvalue weighted by Gasteiger charge is -2.22. The number of hydrogen-bond donors (Lipinski definition) is 0. The van der Waals surface area contributed by atoms with Gasteiger partial charge in [0.2, 0.25) is 0 Å². The summed E-state index contributed by atoms with van der Waals surface area (Å²) in [5.41, 5.74) is 0. The fourth-order valence-electron chi connectivity index (χ4n) is 0.685. The summed E-state index contributed by atoms with van der Waals surface area (Å²) in [6.07, 6.45) is -4.07. The lowest BCUT2D eigenvalue weighted by atomic mass is 10.1. The third-order valence-electron chi connectivity index (χ3n) is 1.22. The number of alkyl halides is 3. The molecule has 12 heavy (non-hydrogen) atoms. The van der Waals surface area contributed by atoms with Gasteiger partial charge in [0, 0.05) is 5.75 Å². The quantitative estimate of drug-likeness (QED) is 0.655. The molecule has 1 atom stereocenters. The van der Waals surface area contributed by atoms with Crippen molar-refractivity contribution < 1.29 is 13.2 Å². The minimum absolute atomic E-state index is 0.353. The molecule has 0 aliphatic carbocycles. The van der Waals surface area contributed by atoms with Gasteiger partial charge in [0.05, 0.1) is 0 Å². The van der Waals surface area contributed by atoms with Gasteiger partial charge in [-0.3, -0.25) is 0 Å². The molecule has 0 N–H and O–H groups in total. The van der Waals surface area contributed by atoms with Crippen molar-refractivity contribution in [2.24, 2.45) is 5.92 Å². The van der Waals surface area contributed by atoms with Crippen molar-refractivity contribution in [2.45, 2.75) is 32.2 Å². The van der Waals surface area contributed by atoms with E-state index >= 15 is 0 Å². The van der Waals surface area contributed by atoms with Crippen LogP contribution in [-0.4, -0.2) is 17.2 Å². The standard InChI is InChI=1S/C7H13F3S2/c1-4-11-12-6(5(2)3)7(8,9)10/h5-6H,4H2,1-3H3/t6-/m1/s1. The molecule has 0 rings (SSSR count). The van der Waals surface area contributed by atoms with E-state index in [0.29, 0.717) is 5.75 Å². The molecule has 74 valence electrons. The highest BCUT2D eigenvalue weighted by molar-refractivity contribution is 8.76. The van der Waals surface area contributed by atoms with Crippen molar-refractivity contribution in [1.29, 1.82) is 0 Å². The normalized spacial score (nSPS) is 15.2. The van der Waals surface area contributed by atoms with Crippen LogP contribution < -0.4 is 0 Å². The minimum Gasteiger partial charge on any atom is -0.170 e. The first kappa shape index (κ1) is 12.5. The van der Waals surface area contributed by atoms with Crippen LogP contribution in [0.1, 0.15) is 20.8 Å². The van der Waals surface area contributed by atoms with E-state index in [1.165, 1.54) is 10.8 Å². The first-order valence-corrected chi connectivity index (χ1v) is 6.12. The first-order chi connectivity index (χ1) is 5.39. The molecule has 0 bridgehead atoms. The lowest BCUT2D eigenvalue weighted by Crippen LogP contribution is -2.29. The number of rotatable bonds is 4. The smallest absolute Gasteiger partial charge is 0.170 e. The van der Waals surface area contributed by atoms with E-state index in [-0.39, 0.29) is 5.92 Å². The van der Waals surface area contributed by atoms with Crippen molar-refractivity contribution in [2.75, 3.05) is 5.75 Å². The van der Waals surface area contributed by atoms with E-state index in [0.717, 1.165) is 10.8 Å². The van der Waals surface area contributed by atoms with E-state index in [9.17, 15) is 13.2 Å². The second-order valence-electron chi connectivity index (χ2n) is 2.71. The topological polar surface area (TPSA) is 0 Å². The van der Waals surface area contributed by atoms with E-state index in [1.54, 1.807) is 13.8 Å². The van der Waals surface area contributed by atoms with Gasteiger partial charge in [-0.1, -0.05) is 42.4 Å². The Balaban J connectivity index is 4.05. The molecule has 0 aromatic heterocycles. The predicted molar refractivity (Wildman–Crippen MR) is 50.4 cm³/mol. The molecule has 0 amide bonds. The van der Waals surface area contributed by atoms with Gasteiger partial charge in [-0.05, 0) is 5.92 Å². The predicted octanol–water partition coefficient (Wildman–Crippen LogP) is 3.97. The highest BCUT2D eigenvalue weighted by Crippen LogP contribution is 2.41. The maximum atomic E-state index is 12.3. The summed E-state index contributed by atoms with van der Waals surface area (Å²) in [5, 5.41) is -1.23. The third-order valence-corrected chi connectivity index (χ3v) is 4.35. The lowest BCUT2D eigenvalue weighted by molar-refractivity contribution is -0.135. The maximum Gasteiger partial charge on any atom is 0.401 e. The molecular weight excluding hydrogens is 205 g/mol. The Morgan fingerprint density at radius 1 is 1.25 bits per heavy atom. The molecule has 5 heteroatoms. The molecular formula is C7H13F3S2. The Hall–Kier alpha value is 0.490. The highest BCUT2D eigenvalue weighted by Gasteiger charge is 2.42. The Morgan fingerprint density at radius 3 is 2.00 bits per heavy atom. The Kier molecular flexibility index (Phi) is 5.48. The van der Waals surface area contributed by atoms with Crippen molar-refractivity contribution in [3.63, 3.8) is 0 Å². The summed E-state index contributed by atoms with van der Waals surface area (Å²) in [4.78, 5) is 0. The van der Waals surface area contributed by atoms with Crippen molar-refractivity contribution in [3.8, 4) is 0 Å². The SMILES string of the molecule is CCSS[C@H](C(C)C)C(F)(F)F. The molecule has 0 aliphatic heterocycles. The van der Waals surface area contributed by atoms with Gasteiger partial charge in [0.25, 0.3) is 0 Å². The zero-order valence-electron chi connectivity index (χ0n) is 7.31. The molecule has 0 nitrogen and oxygen atoms in total. The highest BCUT2D eigenvalue weighted by atomic mass is 33.1. The Bertz CT molecular complexity index is 122. The summed E-state index contributed by atoms with van der Waals surface area (Å²) in [5.74, 6) is 0.360. The van der Waals surface area contributed by atoms with E-state index < -0.39 is 11.4 Å². The number of hydrogen-bond acceptors (Lipinski definition) is 2. The van der Waals surface area contributed by atoms with Gasteiger partial charge in [0.15, 0.2) is 0 Å². The zero-order valence-corrected chi connectivity index (χ0v) is 8.95. The van der Waals surface area contributed by atoms with Gasteiger partial charge in [-0.2, -0.15) is 13.2 Å². The monoisotopic (exact) mass is 218 g/mol. The van der Waals surface area contributed by atoms with Crippen molar-refractivity contribution >= 4 is 21.6 Å². The van der Waals surface area contributed by atoms with Crippen LogP contribution in [0.25, 0.3) is 0 Å². The molecule has 0 spiro atoms. The molecule has 0 radical (unpaired) electrons. The van der Waals surface area contributed by atoms with Crippen LogP contribution in [0.3, 0.4) is 0 Å². The van der Waals surface area contributed by atoms with Gasteiger partial charge in [0.1, 0.15) is 5.25 Å². The number of halogens is 3. The van der Waals surface area contributed by atoms with Gasteiger partial charge >= 0.3 is 6.18 Å². The fourth-order valence-corrected chi connectivity index (χ4v) is 3.14. The maximum absolute atomic E-state index is 12.3. The summed E-state index contributed by atoms with van der Waals surface area (Å²) in [7, 11) is 2.20. The summed E-state index contributed by atoms with van der Waals surface area (Å²) in [6.45, 7) is 5.05. The van der Waals surface area contributed by atoms with Crippen molar-refractivity contribution in [1.82, 2.24) is 0 Å². The molecule has 0 saturated heterocycles. The summed E-state index contributed by atoms with van der Waals surface area (Å²) >= 11 is 0. The minimum atomic E-state index is -4.07. The molecule has 0 aromatic rings. The van der Waals surface area contributed by atoms with Crippen LogP contribution >= 0.6 is 21.6 Å². The van der Waals surface area contributed by atoms with Crippen LogP contribution in [0.15, 0.2) is 0 Å². The second kappa shape index (κ2) is 5.27. The van der Waals surface area contributed by atoms with Crippen LogP contribution in [0, 0.1) is 5.92 Å². The van der Waals surface area contributed by atoms with Crippen LogP contribution in [0.4, 0.5) is 13.2 Å². The Labute approximate surface area is 79.1 Å². The van der Waals surface area contributed by atoms with Crippen molar-refractivity contribution in [3.05, 3.63) is 0 Å². The average molecular weight is 218 g/mol. The molecule has 0 saturated carbocycles. The van der Waals surface area contributed by atoms with Crippen LogP contribution in [0.5, 0.6) is 0 Å². The van der Waals surface area contributed by atoms with Gasteiger partial charge in [-0.15, -0.1) is 0 Å². The van der Waals surface area contributed by atoms with E-state index in [1.807, 2.05) is 6.92 Å². The summed E-state index contributed by atoms with van der Waals surface area (Å²) < 4.78 is 36.8. The zero-order chi connectivity index (χ0) is 9.78. The first-order valence-electron chi connectivity index (χ1n) is 3.74. The fraction of sp³-hybridized carbons (Fsp3) is 1.00.